The van der Waals surface area contributed by atoms with Crippen molar-refractivity contribution >= 4 is 11.3 Å². The average Bonchev–Trinajstić information content (AvgIpc) is 2.86. The Morgan fingerprint density at radius 2 is 2.00 bits per heavy atom. The van der Waals surface area contributed by atoms with Crippen LogP contribution in [0.15, 0.2) is 6.20 Å². The van der Waals surface area contributed by atoms with Gasteiger partial charge in [0, 0.05) is 29.8 Å². The van der Waals surface area contributed by atoms with Gasteiger partial charge in [0.1, 0.15) is 10.6 Å². The van der Waals surface area contributed by atoms with E-state index in [1.54, 1.807) is 0 Å². The molecule has 0 saturated heterocycles. The maximum Gasteiger partial charge on any atom is 0.125 e. The van der Waals surface area contributed by atoms with E-state index in [4.69, 9.17) is 4.74 Å². The van der Waals surface area contributed by atoms with Gasteiger partial charge in [0.2, 0.25) is 0 Å². The van der Waals surface area contributed by atoms with E-state index in [1.807, 2.05) is 17.5 Å². The van der Waals surface area contributed by atoms with Gasteiger partial charge in [-0.15, -0.1) is 11.3 Å². The van der Waals surface area contributed by atoms with Crippen LogP contribution in [0.1, 0.15) is 69.7 Å². The average molecular weight is 296 g/mol. The number of nitrogens with one attached hydrogen (secondary N) is 1. The molecular weight excluding hydrogens is 268 g/mol. The SMILES string of the molecule is CCOC1(c2ncc(CNC(C)(C)C)s2)CCCCC1. The minimum Gasteiger partial charge on any atom is -0.368 e. The quantitative estimate of drug-likeness (QED) is 0.883. The monoisotopic (exact) mass is 296 g/mol. The van der Waals surface area contributed by atoms with Crippen LogP contribution in [0.4, 0.5) is 0 Å². The van der Waals surface area contributed by atoms with Gasteiger partial charge in [0.05, 0.1) is 0 Å². The smallest absolute Gasteiger partial charge is 0.125 e. The van der Waals surface area contributed by atoms with E-state index in [1.165, 1.54) is 29.1 Å². The minimum atomic E-state index is -0.0996. The first-order valence-electron chi connectivity index (χ1n) is 7.79. The zero-order valence-corrected chi connectivity index (χ0v) is 14.1. The maximum absolute atomic E-state index is 6.14. The lowest BCUT2D eigenvalue weighted by Crippen LogP contribution is -2.34. The highest BCUT2D eigenvalue weighted by Crippen LogP contribution is 2.42. The summed E-state index contributed by atoms with van der Waals surface area (Å²) in [6, 6.07) is 0. The molecule has 0 aliphatic heterocycles. The van der Waals surface area contributed by atoms with Gasteiger partial charge in [-0.1, -0.05) is 19.3 Å². The van der Waals surface area contributed by atoms with Gasteiger partial charge in [-0.2, -0.15) is 0 Å². The van der Waals surface area contributed by atoms with E-state index in [2.05, 4.69) is 38.0 Å². The predicted molar refractivity (Wildman–Crippen MR) is 85.1 cm³/mol. The number of thiazole rings is 1. The van der Waals surface area contributed by atoms with E-state index < -0.39 is 0 Å². The zero-order valence-electron chi connectivity index (χ0n) is 13.3. The Labute approximate surface area is 127 Å². The molecule has 0 unspecified atom stereocenters. The number of nitrogens with zero attached hydrogens (tertiary/aromatic N) is 1. The summed E-state index contributed by atoms with van der Waals surface area (Å²) in [4.78, 5) is 5.99. The molecule has 1 heterocycles. The Balaban J connectivity index is 2.08. The lowest BCUT2D eigenvalue weighted by Gasteiger charge is -2.35. The number of hydrogen-bond donors (Lipinski definition) is 1. The molecule has 2 rings (SSSR count). The van der Waals surface area contributed by atoms with Crippen molar-refractivity contribution in [3.8, 4) is 0 Å². The summed E-state index contributed by atoms with van der Waals surface area (Å²) in [6.45, 7) is 10.3. The third-order valence-electron chi connectivity index (χ3n) is 3.82. The van der Waals surface area contributed by atoms with Crippen molar-refractivity contribution < 1.29 is 4.74 Å². The second-order valence-corrected chi connectivity index (χ2v) is 7.84. The number of hydrogen-bond acceptors (Lipinski definition) is 4. The van der Waals surface area contributed by atoms with E-state index in [0.29, 0.717) is 0 Å². The van der Waals surface area contributed by atoms with E-state index in [-0.39, 0.29) is 11.1 Å². The Morgan fingerprint density at radius 1 is 1.30 bits per heavy atom. The number of rotatable bonds is 5. The highest BCUT2D eigenvalue weighted by atomic mass is 32.1. The van der Waals surface area contributed by atoms with Crippen LogP contribution in [0, 0.1) is 0 Å². The summed E-state index contributed by atoms with van der Waals surface area (Å²) in [6.07, 6.45) is 8.12. The van der Waals surface area contributed by atoms with Crippen molar-refractivity contribution in [3.05, 3.63) is 16.1 Å². The highest BCUT2D eigenvalue weighted by molar-refractivity contribution is 7.11. The Bertz CT molecular complexity index is 411. The normalized spacial score (nSPS) is 19.2. The molecule has 0 spiro atoms. The molecule has 1 saturated carbocycles. The fourth-order valence-electron chi connectivity index (χ4n) is 2.77. The van der Waals surface area contributed by atoms with Gasteiger partial charge in [-0.3, -0.25) is 0 Å². The second-order valence-electron chi connectivity index (χ2n) is 6.72. The van der Waals surface area contributed by atoms with Crippen LogP contribution in [-0.2, 0) is 16.9 Å². The summed E-state index contributed by atoms with van der Waals surface area (Å²) < 4.78 is 6.14. The third-order valence-corrected chi connectivity index (χ3v) is 5.00. The van der Waals surface area contributed by atoms with Gasteiger partial charge in [-0.25, -0.2) is 4.98 Å². The molecule has 0 bridgehead atoms. The molecule has 20 heavy (non-hydrogen) atoms. The topological polar surface area (TPSA) is 34.1 Å². The highest BCUT2D eigenvalue weighted by Gasteiger charge is 2.37. The van der Waals surface area contributed by atoms with Crippen molar-refractivity contribution in [1.29, 1.82) is 0 Å². The molecule has 1 aromatic rings. The first-order valence-corrected chi connectivity index (χ1v) is 8.61. The first kappa shape index (κ1) is 15.9. The van der Waals surface area contributed by atoms with E-state index in [9.17, 15) is 0 Å². The Kier molecular flexibility index (Phi) is 5.21. The maximum atomic E-state index is 6.14. The van der Waals surface area contributed by atoms with Crippen molar-refractivity contribution in [2.24, 2.45) is 0 Å². The number of aromatic nitrogens is 1. The molecule has 3 nitrogen and oxygen atoms in total. The van der Waals surface area contributed by atoms with Crippen LogP contribution in [0.5, 0.6) is 0 Å². The van der Waals surface area contributed by atoms with Gasteiger partial charge < -0.3 is 10.1 Å². The molecule has 1 N–H and O–H groups in total. The van der Waals surface area contributed by atoms with Gasteiger partial charge in [0.15, 0.2) is 0 Å². The van der Waals surface area contributed by atoms with Crippen molar-refractivity contribution in [1.82, 2.24) is 10.3 Å². The van der Waals surface area contributed by atoms with Crippen LogP contribution in [0.3, 0.4) is 0 Å². The predicted octanol–water partition coefficient (Wildman–Crippen LogP) is 4.23. The van der Waals surface area contributed by atoms with Crippen LogP contribution >= 0.6 is 11.3 Å². The van der Waals surface area contributed by atoms with Crippen LogP contribution in [0.2, 0.25) is 0 Å². The summed E-state index contributed by atoms with van der Waals surface area (Å²) in [5.41, 5.74) is 0.0459. The van der Waals surface area contributed by atoms with Crippen molar-refractivity contribution in [2.45, 2.75) is 77.5 Å². The first-order chi connectivity index (χ1) is 9.45. The lowest BCUT2D eigenvalue weighted by atomic mass is 9.85. The molecule has 4 heteroatoms. The standard InChI is InChI=1S/C16H28N2OS/c1-5-19-16(9-7-6-8-10-16)14-17-11-13(20-14)12-18-15(2,3)4/h11,18H,5-10,12H2,1-4H3. The summed E-state index contributed by atoms with van der Waals surface area (Å²) in [5, 5.41) is 4.71. The molecule has 1 fully saturated rings. The fourth-order valence-corrected chi connectivity index (χ4v) is 3.82. The molecule has 114 valence electrons. The molecule has 1 aliphatic carbocycles. The molecular formula is C16H28N2OS. The third kappa shape index (κ3) is 4.03. The molecule has 0 amide bonds. The lowest BCUT2D eigenvalue weighted by molar-refractivity contribution is -0.0704. The largest absolute Gasteiger partial charge is 0.368 e. The van der Waals surface area contributed by atoms with Gasteiger partial charge in [-0.05, 0) is 40.5 Å². The molecule has 0 radical (unpaired) electrons. The summed E-state index contributed by atoms with van der Waals surface area (Å²) >= 11 is 1.82. The second kappa shape index (κ2) is 6.54. The zero-order chi connectivity index (χ0) is 14.6. The summed E-state index contributed by atoms with van der Waals surface area (Å²) in [5.74, 6) is 0. The van der Waals surface area contributed by atoms with Gasteiger partial charge in [0.25, 0.3) is 0 Å². The van der Waals surface area contributed by atoms with E-state index >= 15 is 0 Å². The minimum absolute atomic E-state index is 0.0996. The van der Waals surface area contributed by atoms with E-state index in [0.717, 1.165) is 26.0 Å². The number of ether oxygens (including phenoxy) is 1. The van der Waals surface area contributed by atoms with Crippen LogP contribution < -0.4 is 5.32 Å². The van der Waals surface area contributed by atoms with Crippen molar-refractivity contribution in [2.75, 3.05) is 6.61 Å². The van der Waals surface area contributed by atoms with Gasteiger partial charge >= 0.3 is 0 Å². The molecule has 0 aromatic carbocycles. The Hall–Kier alpha value is -0.450. The van der Waals surface area contributed by atoms with Crippen LogP contribution in [0.25, 0.3) is 0 Å². The molecule has 0 atom stereocenters. The molecule has 1 aliphatic rings. The fraction of sp³-hybridized carbons (Fsp3) is 0.812. The molecule has 1 aromatic heterocycles. The van der Waals surface area contributed by atoms with Crippen LogP contribution in [-0.4, -0.2) is 17.1 Å². The van der Waals surface area contributed by atoms with Crippen molar-refractivity contribution in [3.63, 3.8) is 0 Å². The Morgan fingerprint density at radius 3 is 2.60 bits per heavy atom. The summed E-state index contributed by atoms with van der Waals surface area (Å²) in [7, 11) is 0.